The number of benzene rings is 2. The minimum Gasteiger partial charge on any atom is -0.314 e. The topological polar surface area (TPSA) is 12.0 Å². The van der Waals surface area contributed by atoms with Crippen molar-refractivity contribution in [3.8, 4) is 0 Å². The molecule has 3 rings (SSSR count). The van der Waals surface area contributed by atoms with E-state index in [2.05, 4.69) is 82.5 Å². The fraction of sp³-hybridized carbons (Fsp3) is 0.368. The van der Waals surface area contributed by atoms with Crippen molar-refractivity contribution in [2.45, 2.75) is 31.7 Å². The van der Waals surface area contributed by atoms with Gasteiger partial charge in [-0.25, -0.2) is 0 Å². The minimum atomic E-state index is 0.674. The van der Waals surface area contributed by atoms with E-state index in [0.717, 1.165) is 25.4 Å². The van der Waals surface area contributed by atoms with Crippen LogP contribution in [0.25, 0.3) is 0 Å². The molecule has 1 nitrogen and oxygen atoms in total. The predicted octanol–water partition coefficient (Wildman–Crippen LogP) is 4.44. The molecule has 1 saturated carbocycles. The van der Waals surface area contributed by atoms with Crippen LogP contribution in [0.3, 0.4) is 0 Å². The summed E-state index contributed by atoms with van der Waals surface area (Å²) in [5.41, 5.74) is 2.90. The standard InChI is InChI=1S/C19H22IN/c20-18-8-6-16(7-9-18)13-17(14-21-19-10-11-19)12-15-4-2-1-3-5-15/h1-9,17,19,21H,10-14H2. The van der Waals surface area contributed by atoms with E-state index in [9.17, 15) is 0 Å². The van der Waals surface area contributed by atoms with E-state index in [1.54, 1.807) is 0 Å². The maximum Gasteiger partial charge on any atom is 0.0130 e. The van der Waals surface area contributed by atoms with Crippen LogP contribution in [0.1, 0.15) is 24.0 Å². The summed E-state index contributed by atoms with van der Waals surface area (Å²) >= 11 is 2.37. The first-order valence-corrected chi connectivity index (χ1v) is 8.89. The van der Waals surface area contributed by atoms with Gasteiger partial charge in [0, 0.05) is 9.61 Å². The second-order valence-electron chi connectivity index (χ2n) is 6.07. The van der Waals surface area contributed by atoms with E-state index in [4.69, 9.17) is 0 Å². The van der Waals surface area contributed by atoms with Crippen LogP contribution < -0.4 is 5.32 Å². The molecule has 0 radical (unpaired) electrons. The van der Waals surface area contributed by atoms with E-state index in [-0.39, 0.29) is 0 Å². The van der Waals surface area contributed by atoms with Crippen LogP contribution in [-0.2, 0) is 12.8 Å². The molecule has 1 unspecified atom stereocenters. The summed E-state index contributed by atoms with van der Waals surface area (Å²) in [6, 6.07) is 20.6. The average molecular weight is 391 g/mol. The van der Waals surface area contributed by atoms with Gasteiger partial charge in [0.15, 0.2) is 0 Å². The van der Waals surface area contributed by atoms with Gasteiger partial charge in [-0.15, -0.1) is 0 Å². The second kappa shape index (κ2) is 7.41. The lowest BCUT2D eigenvalue weighted by Gasteiger charge is -2.18. The third kappa shape index (κ3) is 5.11. The largest absolute Gasteiger partial charge is 0.314 e. The fourth-order valence-corrected chi connectivity index (χ4v) is 3.10. The Morgan fingerprint density at radius 1 is 0.905 bits per heavy atom. The SMILES string of the molecule is Ic1ccc(CC(CNC2CC2)Cc2ccccc2)cc1. The molecular formula is C19H22IN. The molecule has 21 heavy (non-hydrogen) atoms. The van der Waals surface area contributed by atoms with Crippen LogP contribution in [0.15, 0.2) is 54.6 Å². The molecule has 0 aromatic heterocycles. The molecule has 0 heterocycles. The zero-order valence-corrected chi connectivity index (χ0v) is 14.4. The molecule has 110 valence electrons. The molecule has 2 aromatic carbocycles. The summed E-state index contributed by atoms with van der Waals surface area (Å²) < 4.78 is 1.31. The van der Waals surface area contributed by atoms with Crippen LogP contribution in [0.4, 0.5) is 0 Å². The highest BCUT2D eigenvalue weighted by molar-refractivity contribution is 14.1. The Bertz CT molecular complexity index is 546. The second-order valence-corrected chi connectivity index (χ2v) is 7.31. The van der Waals surface area contributed by atoms with E-state index in [1.807, 2.05) is 0 Å². The summed E-state index contributed by atoms with van der Waals surface area (Å²) in [6.07, 6.45) is 5.04. The van der Waals surface area contributed by atoms with Crippen molar-refractivity contribution < 1.29 is 0 Å². The molecule has 0 aliphatic heterocycles. The Balaban J connectivity index is 1.64. The number of hydrogen-bond acceptors (Lipinski definition) is 1. The molecule has 1 aliphatic carbocycles. The first kappa shape index (κ1) is 15.0. The predicted molar refractivity (Wildman–Crippen MR) is 97.5 cm³/mol. The highest BCUT2D eigenvalue weighted by Crippen LogP contribution is 2.21. The molecule has 0 bridgehead atoms. The molecule has 2 aromatic rings. The highest BCUT2D eigenvalue weighted by atomic mass is 127. The fourth-order valence-electron chi connectivity index (χ4n) is 2.74. The van der Waals surface area contributed by atoms with E-state index in [0.29, 0.717) is 5.92 Å². The minimum absolute atomic E-state index is 0.674. The van der Waals surface area contributed by atoms with Crippen LogP contribution in [-0.4, -0.2) is 12.6 Å². The Labute approximate surface area is 141 Å². The summed E-state index contributed by atoms with van der Waals surface area (Å²) in [6.45, 7) is 1.13. The Kier molecular flexibility index (Phi) is 5.31. The first-order chi connectivity index (χ1) is 10.3. The Hall–Kier alpha value is -0.870. The van der Waals surface area contributed by atoms with E-state index in [1.165, 1.54) is 27.5 Å². The Morgan fingerprint density at radius 3 is 2.14 bits per heavy atom. The quantitative estimate of drug-likeness (QED) is 0.688. The summed E-state index contributed by atoms with van der Waals surface area (Å²) in [5, 5.41) is 3.71. The first-order valence-electron chi connectivity index (χ1n) is 7.81. The van der Waals surface area contributed by atoms with Crippen molar-refractivity contribution in [1.29, 1.82) is 0 Å². The monoisotopic (exact) mass is 391 g/mol. The molecule has 1 N–H and O–H groups in total. The van der Waals surface area contributed by atoms with Gasteiger partial charge in [0.25, 0.3) is 0 Å². The van der Waals surface area contributed by atoms with Gasteiger partial charge in [0.2, 0.25) is 0 Å². The van der Waals surface area contributed by atoms with Crippen molar-refractivity contribution in [2.24, 2.45) is 5.92 Å². The van der Waals surface area contributed by atoms with Crippen molar-refractivity contribution >= 4 is 22.6 Å². The Morgan fingerprint density at radius 2 is 1.52 bits per heavy atom. The molecule has 0 saturated heterocycles. The summed E-state index contributed by atoms with van der Waals surface area (Å²) in [7, 11) is 0. The third-order valence-corrected chi connectivity index (χ3v) is 4.80. The number of nitrogens with one attached hydrogen (secondary N) is 1. The number of hydrogen-bond donors (Lipinski definition) is 1. The zero-order chi connectivity index (χ0) is 14.5. The molecular weight excluding hydrogens is 369 g/mol. The third-order valence-electron chi connectivity index (χ3n) is 4.08. The van der Waals surface area contributed by atoms with Gasteiger partial charge in [0.1, 0.15) is 0 Å². The van der Waals surface area contributed by atoms with Gasteiger partial charge in [-0.05, 0) is 84.0 Å². The van der Waals surface area contributed by atoms with Crippen molar-refractivity contribution in [1.82, 2.24) is 5.32 Å². The van der Waals surface area contributed by atoms with Crippen molar-refractivity contribution in [3.05, 3.63) is 69.3 Å². The van der Waals surface area contributed by atoms with E-state index < -0.39 is 0 Å². The number of rotatable bonds is 7. The molecule has 1 atom stereocenters. The van der Waals surface area contributed by atoms with Crippen LogP contribution in [0.2, 0.25) is 0 Å². The lowest BCUT2D eigenvalue weighted by molar-refractivity contribution is 0.469. The zero-order valence-electron chi connectivity index (χ0n) is 12.3. The lowest BCUT2D eigenvalue weighted by atomic mass is 9.92. The van der Waals surface area contributed by atoms with Crippen molar-refractivity contribution in [3.63, 3.8) is 0 Å². The average Bonchev–Trinajstić information content (AvgIpc) is 3.32. The molecule has 2 heteroatoms. The molecule has 1 fully saturated rings. The maximum absolute atomic E-state index is 3.71. The molecule has 0 spiro atoms. The van der Waals surface area contributed by atoms with Gasteiger partial charge in [-0.2, -0.15) is 0 Å². The van der Waals surface area contributed by atoms with Gasteiger partial charge in [-0.3, -0.25) is 0 Å². The van der Waals surface area contributed by atoms with Gasteiger partial charge < -0.3 is 5.32 Å². The maximum atomic E-state index is 3.71. The van der Waals surface area contributed by atoms with Gasteiger partial charge in [0.05, 0.1) is 0 Å². The summed E-state index contributed by atoms with van der Waals surface area (Å²) in [5.74, 6) is 0.674. The van der Waals surface area contributed by atoms with E-state index >= 15 is 0 Å². The highest BCUT2D eigenvalue weighted by Gasteiger charge is 2.22. The molecule has 0 amide bonds. The summed E-state index contributed by atoms with van der Waals surface area (Å²) in [4.78, 5) is 0. The smallest absolute Gasteiger partial charge is 0.0130 e. The van der Waals surface area contributed by atoms with Crippen LogP contribution in [0.5, 0.6) is 0 Å². The number of halogens is 1. The normalized spacial score (nSPS) is 15.9. The van der Waals surface area contributed by atoms with Gasteiger partial charge >= 0.3 is 0 Å². The lowest BCUT2D eigenvalue weighted by Crippen LogP contribution is -2.27. The molecule has 1 aliphatic rings. The van der Waals surface area contributed by atoms with Gasteiger partial charge in [-0.1, -0.05) is 42.5 Å². The van der Waals surface area contributed by atoms with Crippen LogP contribution >= 0.6 is 22.6 Å². The van der Waals surface area contributed by atoms with Crippen LogP contribution in [0, 0.1) is 9.49 Å². The van der Waals surface area contributed by atoms with Crippen molar-refractivity contribution in [2.75, 3.05) is 6.54 Å².